The molecule has 2 fully saturated rings. The number of hydrogen-bond donors (Lipinski definition) is 1. The van der Waals surface area contributed by atoms with Crippen LogP contribution in [0.1, 0.15) is 51.9 Å². The summed E-state index contributed by atoms with van der Waals surface area (Å²) in [4.78, 5) is 2.89. The van der Waals surface area contributed by atoms with Crippen molar-refractivity contribution in [3.05, 3.63) is 0 Å². The fourth-order valence-electron chi connectivity index (χ4n) is 3.40. The molecule has 0 radical (unpaired) electrons. The molecule has 1 atom stereocenters. The first-order chi connectivity index (χ1) is 8.63. The van der Waals surface area contributed by atoms with E-state index in [1.54, 1.807) is 0 Å². The lowest BCUT2D eigenvalue weighted by Crippen LogP contribution is -2.39. The van der Waals surface area contributed by atoms with Gasteiger partial charge >= 0.3 is 0 Å². The smallest absolute Gasteiger partial charge is 0.0870 e. The molecule has 1 aliphatic carbocycles. The number of nitrogens with two attached hydrogens (primary N) is 1. The minimum Gasteiger partial charge on any atom is -0.392 e. The van der Waals surface area contributed by atoms with Crippen molar-refractivity contribution >= 4 is 17.2 Å². The Labute approximate surface area is 116 Å². The Bertz CT molecular complexity index is 290. The zero-order chi connectivity index (χ0) is 13.0. The fourth-order valence-corrected chi connectivity index (χ4v) is 3.58. The molecule has 1 unspecified atom stereocenters. The van der Waals surface area contributed by atoms with E-state index in [-0.39, 0.29) is 5.60 Å². The molecular formula is C14H26N2OS. The van der Waals surface area contributed by atoms with Gasteiger partial charge in [0.05, 0.1) is 16.7 Å². The van der Waals surface area contributed by atoms with Crippen LogP contribution in [0.2, 0.25) is 0 Å². The van der Waals surface area contributed by atoms with Crippen molar-refractivity contribution in [1.29, 1.82) is 0 Å². The molecule has 2 aliphatic rings. The van der Waals surface area contributed by atoms with Crippen LogP contribution in [0, 0.1) is 0 Å². The van der Waals surface area contributed by atoms with Gasteiger partial charge in [-0.15, -0.1) is 0 Å². The van der Waals surface area contributed by atoms with E-state index in [2.05, 4.69) is 11.8 Å². The van der Waals surface area contributed by atoms with Gasteiger partial charge in [0.1, 0.15) is 0 Å². The number of thiocarbonyl (C=S) groups is 1. The highest BCUT2D eigenvalue weighted by Crippen LogP contribution is 2.41. The predicted octanol–water partition coefficient (Wildman–Crippen LogP) is 2.48. The third kappa shape index (κ3) is 3.65. The number of likely N-dealkylation sites (N-methyl/N-ethyl adjacent to an activating group) is 1. The van der Waals surface area contributed by atoms with E-state index in [1.165, 1.54) is 44.9 Å². The molecule has 1 saturated carbocycles. The summed E-state index contributed by atoms with van der Waals surface area (Å²) in [6.07, 6.45) is 9.45. The Morgan fingerprint density at radius 2 is 2.06 bits per heavy atom. The van der Waals surface area contributed by atoms with Gasteiger partial charge < -0.3 is 10.5 Å². The molecule has 0 aromatic heterocycles. The summed E-state index contributed by atoms with van der Waals surface area (Å²) < 4.78 is 6.38. The molecule has 0 amide bonds. The van der Waals surface area contributed by atoms with Crippen molar-refractivity contribution in [3.63, 3.8) is 0 Å². The normalized spacial score (nSPS) is 26.9. The number of rotatable bonds is 5. The summed E-state index contributed by atoms with van der Waals surface area (Å²) in [6, 6.07) is 0. The van der Waals surface area contributed by atoms with Crippen molar-refractivity contribution in [2.45, 2.75) is 63.6 Å². The summed E-state index contributed by atoms with van der Waals surface area (Å²) >= 11 is 4.99. The van der Waals surface area contributed by atoms with Crippen LogP contribution in [0.25, 0.3) is 0 Å². The van der Waals surface area contributed by atoms with Gasteiger partial charge in [0.15, 0.2) is 0 Å². The van der Waals surface area contributed by atoms with E-state index in [0.717, 1.165) is 19.6 Å². The van der Waals surface area contributed by atoms with Gasteiger partial charge in [-0.2, -0.15) is 0 Å². The molecule has 0 aromatic carbocycles. The Morgan fingerprint density at radius 3 is 2.67 bits per heavy atom. The van der Waals surface area contributed by atoms with Crippen LogP contribution in [0.4, 0.5) is 0 Å². The van der Waals surface area contributed by atoms with Crippen molar-refractivity contribution in [3.8, 4) is 0 Å². The molecule has 1 spiro atoms. The van der Waals surface area contributed by atoms with E-state index in [9.17, 15) is 0 Å². The highest BCUT2D eigenvalue weighted by atomic mass is 32.1. The SMILES string of the molecule is CCN(CC(N)=S)CC1CCC2(CCCCC2)O1. The third-order valence-electron chi connectivity index (χ3n) is 4.39. The molecule has 3 nitrogen and oxygen atoms in total. The van der Waals surface area contributed by atoms with Crippen LogP contribution in [0.3, 0.4) is 0 Å². The Kier molecular flexibility index (Phi) is 4.98. The van der Waals surface area contributed by atoms with Gasteiger partial charge in [-0.05, 0) is 32.2 Å². The van der Waals surface area contributed by atoms with E-state index in [1.807, 2.05) is 0 Å². The summed E-state index contributed by atoms with van der Waals surface area (Å²) in [7, 11) is 0. The van der Waals surface area contributed by atoms with Crippen molar-refractivity contribution in [1.82, 2.24) is 4.90 Å². The maximum absolute atomic E-state index is 6.38. The molecule has 1 heterocycles. The summed E-state index contributed by atoms with van der Waals surface area (Å²) in [6.45, 7) is 4.85. The average molecular weight is 270 g/mol. The van der Waals surface area contributed by atoms with E-state index < -0.39 is 0 Å². The standard InChI is InChI=1S/C14H26N2OS/c1-2-16(11-13(15)18)10-12-6-9-14(17-12)7-4-3-5-8-14/h12H,2-11H2,1H3,(H2,15,18). The van der Waals surface area contributed by atoms with Crippen LogP contribution in [-0.2, 0) is 4.74 Å². The lowest BCUT2D eigenvalue weighted by molar-refractivity contribution is -0.0705. The lowest BCUT2D eigenvalue weighted by Gasteiger charge is -2.34. The number of nitrogens with zero attached hydrogens (tertiary/aromatic N) is 1. The molecule has 2 rings (SSSR count). The largest absolute Gasteiger partial charge is 0.392 e. The van der Waals surface area contributed by atoms with E-state index in [4.69, 9.17) is 22.7 Å². The van der Waals surface area contributed by atoms with E-state index in [0.29, 0.717) is 11.1 Å². The molecule has 1 aliphatic heterocycles. The quantitative estimate of drug-likeness (QED) is 0.779. The molecule has 2 N–H and O–H groups in total. The predicted molar refractivity (Wildman–Crippen MR) is 78.8 cm³/mol. The average Bonchev–Trinajstić information content (AvgIpc) is 2.71. The van der Waals surface area contributed by atoms with Gasteiger partial charge in [-0.25, -0.2) is 0 Å². The number of ether oxygens (including phenoxy) is 1. The second kappa shape index (κ2) is 6.31. The Hall–Kier alpha value is -0.190. The molecule has 0 aromatic rings. The topological polar surface area (TPSA) is 38.5 Å². The van der Waals surface area contributed by atoms with Gasteiger partial charge in [0, 0.05) is 13.1 Å². The van der Waals surface area contributed by atoms with E-state index >= 15 is 0 Å². The van der Waals surface area contributed by atoms with Crippen LogP contribution >= 0.6 is 12.2 Å². The summed E-state index contributed by atoms with van der Waals surface area (Å²) in [5, 5.41) is 0. The van der Waals surface area contributed by atoms with Crippen molar-refractivity contribution in [2.24, 2.45) is 5.73 Å². The zero-order valence-electron chi connectivity index (χ0n) is 11.5. The molecule has 0 bridgehead atoms. The highest BCUT2D eigenvalue weighted by molar-refractivity contribution is 7.80. The number of hydrogen-bond acceptors (Lipinski definition) is 3. The molecular weight excluding hydrogens is 244 g/mol. The molecule has 1 saturated heterocycles. The second-order valence-electron chi connectivity index (χ2n) is 5.82. The van der Waals surface area contributed by atoms with Crippen LogP contribution in [0.15, 0.2) is 0 Å². The fraction of sp³-hybridized carbons (Fsp3) is 0.929. The monoisotopic (exact) mass is 270 g/mol. The Balaban J connectivity index is 1.82. The minimum atomic E-state index is 0.228. The zero-order valence-corrected chi connectivity index (χ0v) is 12.3. The maximum Gasteiger partial charge on any atom is 0.0870 e. The lowest BCUT2D eigenvalue weighted by atomic mass is 9.83. The van der Waals surface area contributed by atoms with Gasteiger partial charge in [0.25, 0.3) is 0 Å². The first kappa shape index (κ1) is 14.2. The highest BCUT2D eigenvalue weighted by Gasteiger charge is 2.40. The first-order valence-electron chi connectivity index (χ1n) is 7.32. The Morgan fingerprint density at radius 1 is 1.33 bits per heavy atom. The van der Waals surface area contributed by atoms with Crippen LogP contribution in [0.5, 0.6) is 0 Å². The summed E-state index contributed by atoms with van der Waals surface area (Å²) in [5.41, 5.74) is 5.86. The molecule has 4 heteroatoms. The first-order valence-corrected chi connectivity index (χ1v) is 7.73. The molecule has 104 valence electrons. The molecule has 18 heavy (non-hydrogen) atoms. The van der Waals surface area contributed by atoms with Crippen molar-refractivity contribution < 1.29 is 4.74 Å². The van der Waals surface area contributed by atoms with Gasteiger partial charge in [-0.1, -0.05) is 38.4 Å². The summed E-state index contributed by atoms with van der Waals surface area (Å²) in [5.74, 6) is 0. The minimum absolute atomic E-state index is 0.228. The van der Waals surface area contributed by atoms with Crippen LogP contribution in [-0.4, -0.2) is 41.2 Å². The van der Waals surface area contributed by atoms with Gasteiger partial charge in [-0.3, -0.25) is 4.90 Å². The maximum atomic E-state index is 6.38. The van der Waals surface area contributed by atoms with Crippen molar-refractivity contribution in [2.75, 3.05) is 19.6 Å². The third-order valence-corrected chi connectivity index (χ3v) is 4.52. The van der Waals surface area contributed by atoms with Crippen LogP contribution < -0.4 is 5.73 Å². The second-order valence-corrected chi connectivity index (χ2v) is 6.34. The van der Waals surface area contributed by atoms with Gasteiger partial charge in [0.2, 0.25) is 0 Å².